The van der Waals surface area contributed by atoms with Crippen LogP contribution in [-0.4, -0.2) is 44.1 Å². The lowest BCUT2D eigenvalue weighted by Gasteiger charge is -2.21. The molecule has 20 heavy (non-hydrogen) atoms. The third kappa shape index (κ3) is 3.20. The van der Waals surface area contributed by atoms with Crippen LogP contribution in [0.3, 0.4) is 0 Å². The first kappa shape index (κ1) is 15.4. The van der Waals surface area contributed by atoms with Crippen LogP contribution in [0.25, 0.3) is 0 Å². The molecule has 1 aliphatic rings. The molecule has 0 heterocycles. The molecular formula is C14H22N2O3S. The molecule has 112 valence electrons. The van der Waals surface area contributed by atoms with Crippen molar-refractivity contribution in [3.05, 3.63) is 29.8 Å². The molecule has 5 nitrogen and oxygen atoms in total. The van der Waals surface area contributed by atoms with E-state index in [1.54, 1.807) is 18.2 Å². The summed E-state index contributed by atoms with van der Waals surface area (Å²) >= 11 is 0. The molecule has 1 atom stereocenters. The Morgan fingerprint density at radius 2 is 2.15 bits per heavy atom. The number of aliphatic hydroxyl groups excluding tert-OH is 1. The first-order valence-corrected chi connectivity index (χ1v) is 8.34. The molecule has 1 aromatic carbocycles. The predicted octanol–water partition coefficient (Wildman–Crippen LogP) is 1.11. The van der Waals surface area contributed by atoms with Crippen LogP contribution in [0.1, 0.15) is 31.4 Å². The molecule has 0 bridgehead atoms. The topological polar surface area (TPSA) is 69.6 Å². The highest BCUT2D eigenvalue weighted by molar-refractivity contribution is 7.89. The number of sulfonamides is 1. The van der Waals surface area contributed by atoms with E-state index in [-0.39, 0.29) is 25.2 Å². The fourth-order valence-corrected chi connectivity index (χ4v) is 3.94. The summed E-state index contributed by atoms with van der Waals surface area (Å²) in [6, 6.07) is 7.15. The van der Waals surface area contributed by atoms with Gasteiger partial charge in [0.2, 0.25) is 10.0 Å². The Labute approximate surface area is 120 Å². The van der Waals surface area contributed by atoms with Crippen molar-refractivity contribution in [1.29, 1.82) is 0 Å². The van der Waals surface area contributed by atoms with Crippen molar-refractivity contribution in [1.82, 2.24) is 9.62 Å². The summed E-state index contributed by atoms with van der Waals surface area (Å²) in [5.74, 6) is 0. The quantitative estimate of drug-likeness (QED) is 0.791. The van der Waals surface area contributed by atoms with Crippen molar-refractivity contribution in [2.45, 2.75) is 36.7 Å². The molecule has 0 radical (unpaired) electrons. The molecule has 2 N–H and O–H groups in total. The lowest BCUT2D eigenvalue weighted by molar-refractivity contribution is 0.250. The molecule has 0 amide bonds. The second-order valence-electron chi connectivity index (χ2n) is 5.15. The summed E-state index contributed by atoms with van der Waals surface area (Å²) in [7, 11) is -1.68. The lowest BCUT2D eigenvalue weighted by Crippen LogP contribution is -2.35. The fraction of sp³-hybridized carbons (Fsp3) is 0.571. The molecule has 6 heteroatoms. The fourth-order valence-electron chi connectivity index (χ4n) is 2.21. The number of hydrogen-bond donors (Lipinski definition) is 2. The van der Waals surface area contributed by atoms with Crippen molar-refractivity contribution < 1.29 is 13.5 Å². The standard InChI is InChI=1S/C14H22N2O3S/c1-11(15-2)12-4-3-5-14(10-12)20(18,19)16(8-9-17)13-6-7-13/h3-5,10-11,13,15,17H,6-9H2,1-2H3. The lowest BCUT2D eigenvalue weighted by atomic mass is 10.1. The van der Waals surface area contributed by atoms with Crippen LogP contribution >= 0.6 is 0 Å². The Balaban J connectivity index is 2.32. The van der Waals surface area contributed by atoms with Gasteiger partial charge in [0, 0.05) is 18.6 Å². The maximum Gasteiger partial charge on any atom is 0.243 e. The van der Waals surface area contributed by atoms with Gasteiger partial charge in [-0.05, 0) is 44.5 Å². The minimum absolute atomic E-state index is 0.0533. The SMILES string of the molecule is CNC(C)c1cccc(S(=O)(=O)N(CCO)C2CC2)c1. The van der Waals surface area contributed by atoms with E-state index in [0.29, 0.717) is 4.90 Å². The largest absolute Gasteiger partial charge is 0.395 e. The molecule has 1 saturated carbocycles. The van der Waals surface area contributed by atoms with Crippen molar-refractivity contribution in [2.75, 3.05) is 20.2 Å². The number of nitrogens with one attached hydrogen (secondary N) is 1. The van der Waals surface area contributed by atoms with Gasteiger partial charge in [-0.3, -0.25) is 0 Å². The van der Waals surface area contributed by atoms with Gasteiger partial charge < -0.3 is 10.4 Å². The molecule has 0 spiro atoms. The average Bonchev–Trinajstić information content (AvgIpc) is 3.28. The van der Waals surface area contributed by atoms with Gasteiger partial charge >= 0.3 is 0 Å². The van der Waals surface area contributed by atoms with E-state index in [1.807, 2.05) is 20.0 Å². The van der Waals surface area contributed by atoms with E-state index < -0.39 is 10.0 Å². The maximum absolute atomic E-state index is 12.7. The Morgan fingerprint density at radius 1 is 1.45 bits per heavy atom. The van der Waals surface area contributed by atoms with E-state index >= 15 is 0 Å². The normalized spacial score (nSPS) is 17.4. The van der Waals surface area contributed by atoms with Gasteiger partial charge in [-0.2, -0.15) is 4.31 Å². The summed E-state index contributed by atoms with van der Waals surface area (Å²) < 4.78 is 26.7. The van der Waals surface area contributed by atoms with E-state index in [9.17, 15) is 8.42 Å². The van der Waals surface area contributed by atoms with Crippen LogP contribution in [0, 0.1) is 0 Å². The predicted molar refractivity (Wildman–Crippen MR) is 77.9 cm³/mol. The van der Waals surface area contributed by atoms with Gasteiger partial charge in [0.1, 0.15) is 0 Å². The molecule has 1 fully saturated rings. The smallest absolute Gasteiger partial charge is 0.243 e. The Hall–Kier alpha value is -0.950. The van der Waals surface area contributed by atoms with Crippen molar-refractivity contribution in [3.63, 3.8) is 0 Å². The highest BCUT2D eigenvalue weighted by Gasteiger charge is 2.37. The number of hydrogen-bond acceptors (Lipinski definition) is 4. The second-order valence-corrected chi connectivity index (χ2v) is 7.04. The van der Waals surface area contributed by atoms with Gasteiger partial charge in [-0.1, -0.05) is 12.1 Å². The van der Waals surface area contributed by atoms with Crippen molar-refractivity contribution in [3.8, 4) is 0 Å². The summed E-state index contributed by atoms with van der Waals surface area (Å²) in [6.45, 7) is 2.00. The zero-order valence-electron chi connectivity index (χ0n) is 11.9. The maximum atomic E-state index is 12.7. The van der Waals surface area contributed by atoms with Gasteiger partial charge in [0.05, 0.1) is 11.5 Å². The van der Waals surface area contributed by atoms with E-state index in [4.69, 9.17) is 5.11 Å². The van der Waals surface area contributed by atoms with Crippen LogP contribution in [0.4, 0.5) is 0 Å². The molecule has 1 unspecified atom stereocenters. The number of benzene rings is 1. The molecule has 0 saturated heterocycles. The van der Waals surface area contributed by atoms with E-state index in [0.717, 1.165) is 18.4 Å². The molecule has 1 aliphatic carbocycles. The number of aliphatic hydroxyl groups is 1. The van der Waals surface area contributed by atoms with Crippen LogP contribution in [0.2, 0.25) is 0 Å². The summed E-state index contributed by atoms with van der Waals surface area (Å²) in [6.07, 6.45) is 1.76. The third-order valence-corrected chi connectivity index (χ3v) is 5.62. The van der Waals surface area contributed by atoms with Gasteiger partial charge in [-0.15, -0.1) is 0 Å². The molecule has 1 aromatic rings. The summed E-state index contributed by atoms with van der Waals surface area (Å²) in [4.78, 5) is 0.303. The minimum Gasteiger partial charge on any atom is -0.395 e. The Bertz CT molecular complexity index is 555. The van der Waals surface area contributed by atoms with Crippen LogP contribution < -0.4 is 5.32 Å². The first-order valence-electron chi connectivity index (χ1n) is 6.90. The monoisotopic (exact) mass is 298 g/mol. The van der Waals surface area contributed by atoms with Crippen LogP contribution in [0.15, 0.2) is 29.2 Å². The number of rotatable bonds is 7. The third-order valence-electron chi connectivity index (χ3n) is 3.67. The summed E-state index contributed by atoms with van der Waals surface area (Å²) in [5.41, 5.74) is 0.938. The van der Waals surface area contributed by atoms with E-state index in [1.165, 1.54) is 4.31 Å². The minimum atomic E-state index is -3.52. The highest BCUT2D eigenvalue weighted by atomic mass is 32.2. The first-order chi connectivity index (χ1) is 9.50. The van der Waals surface area contributed by atoms with Gasteiger partial charge in [0.25, 0.3) is 0 Å². The van der Waals surface area contributed by atoms with Crippen LogP contribution in [0.5, 0.6) is 0 Å². The number of nitrogens with zero attached hydrogens (tertiary/aromatic N) is 1. The molecule has 2 rings (SSSR count). The average molecular weight is 298 g/mol. The zero-order valence-corrected chi connectivity index (χ0v) is 12.7. The summed E-state index contributed by atoms with van der Waals surface area (Å²) in [5, 5.41) is 12.2. The molecule has 0 aromatic heterocycles. The molecular weight excluding hydrogens is 276 g/mol. The van der Waals surface area contributed by atoms with Crippen molar-refractivity contribution in [2.24, 2.45) is 0 Å². The zero-order chi connectivity index (χ0) is 14.8. The molecule has 0 aliphatic heterocycles. The Kier molecular flexibility index (Phi) is 4.80. The van der Waals surface area contributed by atoms with Gasteiger partial charge in [-0.25, -0.2) is 8.42 Å². The van der Waals surface area contributed by atoms with Crippen LogP contribution in [-0.2, 0) is 10.0 Å². The van der Waals surface area contributed by atoms with Crippen molar-refractivity contribution >= 4 is 10.0 Å². The highest BCUT2D eigenvalue weighted by Crippen LogP contribution is 2.32. The second kappa shape index (κ2) is 6.22. The Morgan fingerprint density at radius 3 is 2.70 bits per heavy atom. The van der Waals surface area contributed by atoms with E-state index in [2.05, 4.69) is 5.32 Å². The van der Waals surface area contributed by atoms with Gasteiger partial charge in [0.15, 0.2) is 0 Å².